The molecule has 0 saturated heterocycles. The standard InChI is InChI=1S/C16H17N3O2S/c1-10-4-5-12(15(22-3)11(7-17)8-18)13(6-10)14(9-19)16(20)21-2/h10,12H,4-6H2,1-3H3/b14-13+/t10-,12-/m1/s1. The first kappa shape index (κ1) is 17.8. The minimum Gasteiger partial charge on any atom is -0.465 e. The molecule has 0 aliphatic heterocycles. The molecule has 0 aromatic carbocycles. The van der Waals surface area contributed by atoms with Gasteiger partial charge in [-0.1, -0.05) is 6.92 Å². The molecule has 0 N–H and O–H groups in total. The van der Waals surface area contributed by atoms with Gasteiger partial charge in [-0.15, -0.1) is 11.8 Å². The van der Waals surface area contributed by atoms with E-state index in [1.165, 1.54) is 18.9 Å². The van der Waals surface area contributed by atoms with E-state index in [4.69, 9.17) is 15.3 Å². The molecule has 22 heavy (non-hydrogen) atoms. The van der Waals surface area contributed by atoms with Crippen molar-refractivity contribution < 1.29 is 9.53 Å². The van der Waals surface area contributed by atoms with Crippen LogP contribution in [0, 0.1) is 45.8 Å². The van der Waals surface area contributed by atoms with Gasteiger partial charge in [0.15, 0.2) is 0 Å². The molecule has 0 spiro atoms. The highest BCUT2D eigenvalue weighted by Crippen LogP contribution is 2.43. The lowest BCUT2D eigenvalue weighted by atomic mass is 9.76. The summed E-state index contributed by atoms with van der Waals surface area (Å²) >= 11 is 1.32. The molecule has 5 nitrogen and oxygen atoms in total. The van der Waals surface area contributed by atoms with Crippen LogP contribution in [0.3, 0.4) is 0 Å². The summed E-state index contributed by atoms with van der Waals surface area (Å²) in [6.45, 7) is 2.06. The summed E-state index contributed by atoms with van der Waals surface area (Å²) in [5.41, 5.74) is 0.730. The second-order valence-corrected chi connectivity index (χ2v) is 5.96. The third-order valence-electron chi connectivity index (χ3n) is 3.77. The van der Waals surface area contributed by atoms with Gasteiger partial charge in [0.05, 0.1) is 7.11 Å². The molecule has 0 heterocycles. The van der Waals surface area contributed by atoms with E-state index in [0.29, 0.717) is 29.2 Å². The molecule has 0 amide bonds. The van der Waals surface area contributed by atoms with Gasteiger partial charge in [0.25, 0.3) is 0 Å². The summed E-state index contributed by atoms with van der Waals surface area (Å²) in [6, 6.07) is 5.75. The van der Waals surface area contributed by atoms with E-state index in [2.05, 4.69) is 6.92 Å². The Kier molecular flexibility index (Phi) is 6.70. The molecule has 0 bridgehead atoms. The highest BCUT2D eigenvalue weighted by molar-refractivity contribution is 8.02. The van der Waals surface area contributed by atoms with Gasteiger partial charge in [0, 0.05) is 10.8 Å². The lowest BCUT2D eigenvalue weighted by Crippen LogP contribution is -2.21. The van der Waals surface area contributed by atoms with Crippen molar-refractivity contribution in [1.29, 1.82) is 15.8 Å². The maximum Gasteiger partial charge on any atom is 0.348 e. The van der Waals surface area contributed by atoms with Crippen LogP contribution in [-0.2, 0) is 9.53 Å². The molecular formula is C16H17N3O2S. The van der Waals surface area contributed by atoms with E-state index in [9.17, 15) is 10.1 Å². The Bertz CT molecular complexity index is 628. The van der Waals surface area contributed by atoms with Gasteiger partial charge in [-0.05, 0) is 37.0 Å². The maximum atomic E-state index is 11.9. The van der Waals surface area contributed by atoms with Gasteiger partial charge in [-0.2, -0.15) is 15.8 Å². The second kappa shape index (κ2) is 8.27. The zero-order chi connectivity index (χ0) is 16.7. The van der Waals surface area contributed by atoms with Crippen molar-refractivity contribution in [2.75, 3.05) is 13.4 Å². The highest BCUT2D eigenvalue weighted by atomic mass is 32.2. The van der Waals surface area contributed by atoms with Crippen LogP contribution < -0.4 is 0 Å². The fourth-order valence-corrected chi connectivity index (χ4v) is 3.56. The van der Waals surface area contributed by atoms with E-state index >= 15 is 0 Å². The highest BCUT2D eigenvalue weighted by Gasteiger charge is 2.32. The van der Waals surface area contributed by atoms with Crippen molar-refractivity contribution in [1.82, 2.24) is 0 Å². The topological polar surface area (TPSA) is 97.7 Å². The SMILES string of the molecule is COC(=O)/C(C#N)=C1\C[C@H](C)CC[C@H]1C(SC)=C(C#N)C#N. The summed E-state index contributed by atoms with van der Waals surface area (Å²) in [7, 11) is 1.24. The maximum absolute atomic E-state index is 11.9. The van der Waals surface area contributed by atoms with Gasteiger partial charge in [0.1, 0.15) is 29.4 Å². The molecule has 0 aromatic heterocycles. The summed E-state index contributed by atoms with van der Waals surface area (Å²) in [6.07, 6.45) is 4.02. The van der Waals surface area contributed by atoms with Gasteiger partial charge >= 0.3 is 5.97 Å². The normalized spacial score (nSPS) is 22.5. The number of esters is 1. The first-order valence-electron chi connectivity index (χ1n) is 6.83. The van der Waals surface area contributed by atoms with E-state index in [-0.39, 0.29) is 17.1 Å². The van der Waals surface area contributed by atoms with Gasteiger partial charge in [-0.25, -0.2) is 4.79 Å². The lowest BCUT2D eigenvalue weighted by molar-refractivity contribution is -0.135. The van der Waals surface area contributed by atoms with Crippen LogP contribution in [0.1, 0.15) is 26.2 Å². The Hall–Kier alpha value is -2.23. The molecule has 1 rings (SSSR count). The Balaban J connectivity index is 3.51. The zero-order valence-electron chi connectivity index (χ0n) is 12.8. The number of rotatable bonds is 3. The van der Waals surface area contributed by atoms with Crippen LogP contribution >= 0.6 is 11.8 Å². The zero-order valence-corrected chi connectivity index (χ0v) is 13.7. The van der Waals surface area contributed by atoms with Crippen LogP contribution in [0.4, 0.5) is 0 Å². The number of hydrogen-bond donors (Lipinski definition) is 0. The quantitative estimate of drug-likeness (QED) is 0.451. The smallest absolute Gasteiger partial charge is 0.348 e. The molecule has 1 saturated carbocycles. The number of carbonyl (C=O) groups is 1. The Morgan fingerprint density at radius 3 is 2.32 bits per heavy atom. The number of nitriles is 3. The fraction of sp³-hybridized carbons (Fsp3) is 0.500. The van der Waals surface area contributed by atoms with Gasteiger partial charge in [0.2, 0.25) is 0 Å². The Morgan fingerprint density at radius 1 is 1.23 bits per heavy atom. The molecule has 2 atom stereocenters. The fourth-order valence-electron chi connectivity index (χ4n) is 2.72. The summed E-state index contributed by atoms with van der Waals surface area (Å²) in [5, 5.41) is 27.6. The third kappa shape index (κ3) is 3.70. The average molecular weight is 315 g/mol. The number of thioether (sulfide) groups is 1. The first-order chi connectivity index (χ1) is 10.5. The third-order valence-corrected chi connectivity index (χ3v) is 4.69. The van der Waals surface area contributed by atoms with Crippen LogP contribution in [0.25, 0.3) is 0 Å². The predicted molar refractivity (Wildman–Crippen MR) is 82.9 cm³/mol. The van der Waals surface area contributed by atoms with Crippen molar-refractivity contribution in [3.05, 3.63) is 21.6 Å². The summed E-state index contributed by atoms with van der Waals surface area (Å²) < 4.78 is 4.69. The van der Waals surface area contributed by atoms with Gasteiger partial charge < -0.3 is 4.74 Å². The first-order valence-corrected chi connectivity index (χ1v) is 8.06. The number of carbonyl (C=O) groups excluding carboxylic acids is 1. The molecule has 114 valence electrons. The van der Waals surface area contributed by atoms with Crippen molar-refractivity contribution in [3.8, 4) is 18.2 Å². The number of methoxy groups -OCH3 is 1. The number of allylic oxidation sites excluding steroid dienone is 3. The van der Waals surface area contributed by atoms with Gasteiger partial charge in [-0.3, -0.25) is 0 Å². The monoisotopic (exact) mass is 315 g/mol. The Labute approximate surface area is 134 Å². The molecule has 6 heteroatoms. The van der Waals surface area contributed by atoms with Crippen molar-refractivity contribution >= 4 is 17.7 Å². The summed E-state index contributed by atoms with van der Waals surface area (Å²) in [4.78, 5) is 12.5. The number of hydrogen-bond acceptors (Lipinski definition) is 6. The molecule has 0 aromatic rings. The van der Waals surface area contributed by atoms with E-state index in [1.807, 2.05) is 18.2 Å². The average Bonchev–Trinajstić information content (AvgIpc) is 2.53. The van der Waals surface area contributed by atoms with E-state index in [0.717, 1.165) is 6.42 Å². The number of ether oxygens (including phenoxy) is 1. The minimum atomic E-state index is -0.660. The van der Waals surface area contributed by atoms with Crippen molar-refractivity contribution in [2.45, 2.75) is 26.2 Å². The van der Waals surface area contributed by atoms with E-state index in [1.54, 1.807) is 6.26 Å². The number of nitrogens with zero attached hydrogens (tertiary/aromatic N) is 3. The van der Waals surface area contributed by atoms with Crippen LogP contribution in [0.5, 0.6) is 0 Å². The minimum absolute atomic E-state index is 0.000768. The Morgan fingerprint density at radius 2 is 1.86 bits per heavy atom. The van der Waals surface area contributed by atoms with Crippen LogP contribution in [0.2, 0.25) is 0 Å². The molecular weight excluding hydrogens is 298 g/mol. The predicted octanol–water partition coefficient (Wildman–Crippen LogP) is 3.08. The van der Waals surface area contributed by atoms with Crippen molar-refractivity contribution in [3.63, 3.8) is 0 Å². The summed E-state index contributed by atoms with van der Waals surface area (Å²) in [5.74, 6) is -0.559. The van der Waals surface area contributed by atoms with Crippen LogP contribution in [-0.4, -0.2) is 19.3 Å². The second-order valence-electron chi connectivity index (χ2n) is 5.11. The van der Waals surface area contributed by atoms with Crippen LogP contribution in [0.15, 0.2) is 21.6 Å². The van der Waals surface area contributed by atoms with E-state index < -0.39 is 5.97 Å². The van der Waals surface area contributed by atoms with Crippen molar-refractivity contribution in [2.24, 2.45) is 11.8 Å². The lowest BCUT2D eigenvalue weighted by Gasteiger charge is -2.31. The molecule has 1 fully saturated rings. The molecule has 1 aliphatic carbocycles. The molecule has 1 aliphatic rings. The molecule has 0 unspecified atom stereocenters. The largest absolute Gasteiger partial charge is 0.465 e. The molecule has 0 radical (unpaired) electrons.